The van der Waals surface area contributed by atoms with Crippen LogP contribution < -0.4 is 4.74 Å². The Labute approximate surface area is 146 Å². The van der Waals surface area contributed by atoms with Gasteiger partial charge in [0.25, 0.3) is 0 Å². The Morgan fingerprint density at radius 3 is 2.50 bits per heavy atom. The quantitative estimate of drug-likeness (QED) is 0.742. The van der Waals surface area contributed by atoms with Crippen LogP contribution in [0.3, 0.4) is 0 Å². The fourth-order valence-electron chi connectivity index (χ4n) is 2.50. The number of pyridine rings is 1. The second-order valence-electron chi connectivity index (χ2n) is 5.75. The van der Waals surface area contributed by atoms with E-state index in [-0.39, 0.29) is 11.2 Å². The number of ether oxygens (including phenoxy) is 2. The van der Waals surface area contributed by atoms with Crippen LogP contribution in [0.1, 0.15) is 30.4 Å². The van der Waals surface area contributed by atoms with Gasteiger partial charge in [-0.2, -0.15) is 0 Å². The van der Waals surface area contributed by atoms with Crippen molar-refractivity contribution >= 4 is 17.7 Å². The molecule has 1 aromatic heterocycles. The highest BCUT2D eigenvalue weighted by molar-refractivity contribution is 8.00. The van der Waals surface area contributed by atoms with Gasteiger partial charge in [-0.15, -0.1) is 11.8 Å². The molecule has 1 aromatic carbocycles. The van der Waals surface area contributed by atoms with E-state index in [4.69, 9.17) is 9.47 Å². The van der Waals surface area contributed by atoms with E-state index >= 15 is 0 Å². The highest BCUT2D eigenvalue weighted by Crippen LogP contribution is 2.26. The summed E-state index contributed by atoms with van der Waals surface area (Å²) in [6.07, 6.45) is 6.76. The van der Waals surface area contributed by atoms with Gasteiger partial charge >= 0.3 is 5.97 Å². The highest BCUT2D eigenvalue weighted by Gasteiger charge is 2.22. The lowest BCUT2D eigenvalue weighted by Crippen LogP contribution is -2.23. The van der Waals surface area contributed by atoms with Crippen molar-refractivity contribution < 1.29 is 14.3 Å². The average molecular weight is 343 g/mol. The number of aromatic nitrogens is 1. The van der Waals surface area contributed by atoms with E-state index in [9.17, 15) is 4.79 Å². The molecule has 0 spiro atoms. The maximum absolute atomic E-state index is 12.0. The monoisotopic (exact) mass is 343 g/mol. The molecule has 1 aliphatic rings. The lowest BCUT2D eigenvalue weighted by atomic mass is 10.2. The summed E-state index contributed by atoms with van der Waals surface area (Å²) < 4.78 is 11.2. The van der Waals surface area contributed by atoms with Crippen LogP contribution in [-0.2, 0) is 22.7 Å². The van der Waals surface area contributed by atoms with Gasteiger partial charge in [-0.3, -0.25) is 9.78 Å². The Hall–Kier alpha value is -2.01. The standard InChI is InChI=1S/C19H21NO3S/c21-19(18-3-1-2-12-24-18)23-14-15-4-6-17(7-5-15)22-13-16-8-10-20-11-9-16/h4-11,18H,1-3,12-14H2. The minimum Gasteiger partial charge on any atom is -0.489 e. The van der Waals surface area contributed by atoms with E-state index < -0.39 is 0 Å². The molecule has 0 saturated carbocycles. The van der Waals surface area contributed by atoms with Crippen molar-refractivity contribution in [3.8, 4) is 5.75 Å². The van der Waals surface area contributed by atoms with Crippen molar-refractivity contribution in [1.29, 1.82) is 0 Å². The van der Waals surface area contributed by atoms with Crippen molar-refractivity contribution in [3.63, 3.8) is 0 Å². The van der Waals surface area contributed by atoms with Crippen molar-refractivity contribution in [2.45, 2.75) is 37.7 Å². The van der Waals surface area contributed by atoms with E-state index in [1.807, 2.05) is 36.4 Å². The molecule has 126 valence electrons. The minimum atomic E-state index is -0.0855. The fraction of sp³-hybridized carbons (Fsp3) is 0.368. The summed E-state index contributed by atoms with van der Waals surface area (Å²) in [6.45, 7) is 0.830. The van der Waals surface area contributed by atoms with Crippen molar-refractivity contribution in [1.82, 2.24) is 4.98 Å². The molecule has 0 aliphatic carbocycles. The molecular formula is C19H21NO3S. The first-order valence-electron chi connectivity index (χ1n) is 8.20. The summed E-state index contributed by atoms with van der Waals surface area (Å²) in [5, 5.41) is 0.0155. The number of carbonyl (C=O) groups excluding carboxylic acids is 1. The predicted molar refractivity (Wildman–Crippen MR) is 94.9 cm³/mol. The third kappa shape index (κ3) is 4.99. The molecular weight excluding hydrogens is 322 g/mol. The van der Waals surface area contributed by atoms with E-state index in [0.717, 1.165) is 35.5 Å². The number of rotatable bonds is 6. The third-order valence-corrected chi connectivity index (χ3v) is 5.26. The number of carbonyl (C=O) groups is 1. The van der Waals surface area contributed by atoms with Crippen molar-refractivity contribution in [2.24, 2.45) is 0 Å². The number of nitrogens with zero attached hydrogens (tertiary/aromatic N) is 1. The van der Waals surface area contributed by atoms with Gasteiger partial charge in [0.2, 0.25) is 0 Å². The lowest BCUT2D eigenvalue weighted by molar-refractivity contribution is -0.144. The molecule has 0 bridgehead atoms. The fourth-order valence-corrected chi connectivity index (χ4v) is 3.69. The van der Waals surface area contributed by atoms with E-state index in [1.165, 1.54) is 6.42 Å². The zero-order valence-corrected chi connectivity index (χ0v) is 14.3. The zero-order chi connectivity index (χ0) is 16.6. The number of benzene rings is 1. The normalized spacial score (nSPS) is 17.2. The molecule has 2 aromatic rings. The molecule has 0 amide bonds. The van der Waals surface area contributed by atoms with Crippen LogP contribution in [0, 0.1) is 0 Å². The molecule has 3 rings (SSSR count). The SMILES string of the molecule is O=C(OCc1ccc(OCc2ccncc2)cc1)C1CCCCS1. The topological polar surface area (TPSA) is 48.4 Å². The van der Waals surface area contributed by atoms with Crippen LogP contribution in [0.4, 0.5) is 0 Å². The molecule has 1 aliphatic heterocycles. The van der Waals surface area contributed by atoms with Gasteiger partial charge in [-0.25, -0.2) is 0 Å². The van der Waals surface area contributed by atoms with Gasteiger partial charge < -0.3 is 9.47 Å². The Morgan fingerprint density at radius 2 is 1.79 bits per heavy atom. The molecule has 2 heterocycles. The van der Waals surface area contributed by atoms with E-state index in [1.54, 1.807) is 24.2 Å². The van der Waals surface area contributed by atoms with E-state index in [0.29, 0.717) is 13.2 Å². The summed E-state index contributed by atoms with van der Waals surface area (Å²) in [5.41, 5.74) is 2.05. The molecule has 0 radical (unpaired) electrons. The minimum absolute atomic E-state index is 0.0155. The van der Waals surface area contributed by atoms with Gasteiger partial charge in [-0.1, -0.05) is 18.6 Å². The summed E-state index contributed by atoms with van der Waals surface area (Å²) in [6, 6.07) is 11.5. The number of hydrogen-bond acceptors (Lipinski definition) is 5. The number of esters is 1. The first-order chi connectivity index (χ1) is 11.8. The van der Waals surface area contributed by atoms with Gasteiger partial charge in [0, 0.05) is 12.4 Å². The first kappa shape index (κ1) is 16.8. The molecule has 1 unspecified atom stereocenters. The molecule has 24 heavy (non-hydrogen) atoms. The Balaban J connectivity index is 1.45. The van der Waals surface area contributed by atoms with Gasteiger partial charge in [-0.05, 0) is 54.0 Å². The summed E-state index contributed by atoms with van der Waals surface area (Å²) in [7, 11) is 0. The molecule has 5 heteroatoms. The summed E-state index contributed by atoms with van der Waals surface area (Å²) >= 11 is 1.71. The lowest BCUT2D eigenvalue weighted by Gasteiger charge is -2.19. The van der Waals surface area contributed by atoms with Crippen molar-refractivity contribution in [3.05, 3.63) is 59.9 Å². The highest BCUT2D eigenvalue weighted by atomic mass is 32.2. The molecule has 1 fully saturated rings. The van der Waals surface area contributed by atoms with Crippen LogP contribution in [-0.4, -0.2) is 22.0 Å². The van der Waals surface area contributed by atoms with Gasteiger partial charge in [0.15, 0.2) is 0 Å². The smallest absolute Gasteiger partial charge is 0.319 e. The maximum atomic E-state index is 12.0. The number of hydrogen-bond donors (Lipinski definition) is 0. The van der Waals surface area contributed by atoms with Crippen LogP contribution in [0.25, 0.3) is 0 Å². The summed E-state index contributed by atoms with van der Waals surface area (Å²) in [5.74, 6) is 1.77. The predicted octanol–water partition coefficient (Wildman–Crippen LogP) is 3.99. The zero-order valence-electron chi connectivity index (χ0n) is 13.5. The molecule has 4 nitrogen and oxygen atoms in total. The average Bonchev–Trinajstić information content (AvgIpc) is 2.67. The molecule has 1 saturated heterocycles. The Morgan fingerprint density at radius 1 is 1.04 bits per heavy atom. The van der Waals surface area contributed by atoms with Crippen molar-refractivity contribution in [2.75, 3.05) is 5.75 Å². The third-order valence-electron chi connectivity index (χ3n) is 3.90. The summed E-state index contributed by atoms with van der Waals surface area (Å²) in [4.78, 5) is 16.0. The molecule has 0 N–H and O–H groups in total. The number of thioether (sulfide) groups is 1. The van der Waals surface area contributed by atoms with Crippen LogP contribution in [0.2, 0.25) is 0 Å². The Bertz CT molecular complexity index is 639. The largest absolute Gasteiger partial charge is 0.489 e. The van der Waals surface area contributed by atoms with Crippen LogP contribution >= 0.6 is 11.8 Å². The van der Waals surface area contributed by atoms with Gasteiger partial charge in [0.1, 0.15) is 24.2 Å². The second kappa shape index (κ2) is 8.73. The first-order valence-corrected chi connectivity index (χ1v) is 9.25. The Kier molecular flexibility index (Phi) is 6.13. The van der Waals surface area contributed by atoms with Crippen LogP contribution in [0.5, 0.6) is 5.75 Å². The maximum Gasteiger partial charge on any atom is 0.319 e. The van der Waals surface area contributed by atoms with Crippen LogP contribution in [0.15, 0.2) is 48.8 Å². The van der Waals surface area contributed by atoms with Gasteiger partial charge in [0.05, 0.1) is 0 Å². The van der Waals surface area contributed by atoms with E-state index in [2.05, 4.69) is 4.98 Å². The second-order valence-corrected chi connectivity index (χ2v) is 7.06. The molecule has 1 atom stereocenters.